The predicted molar refractivity (Wildman–Crippen MR) is 156 cm³/mol. The molecule has 2 aromatic carbocycles. The highest BCUT2D eigenvalue weighted by molar-refractivity contribution is 5.93. The van der Waals surface area contributed by atoms with Crippen molar-refractivity contribution < 1.29 is 23.4 Å². The van der Waals surface area contributed by atoms with Crippen LogP contribution in [0.5, 0.6) is 5.75 Å². The highest BCUT2D eigenvalue weighted by atomic mass is 19.1. The molecule has 7 rings (SSSR count). The number of anilines is 1. The maximum Gasteiger partial charge on any atom is 0.337 e. The maximum atomic E-state index is 14.2. The van der Waals surface area contributed by atoms with E-state index in [9.17, 15) is 9.18 Å². The Kier molecular flexibility index (Phi) is 6.98. The topological polar surface area (TPSA) is 102 Å². The number of carbonyl (C=O) groups excluding carboxylic acids is 1. The van der Waals surface area contributed by atoms with Crippen LogP contribution in [-0.2, 0) is 29.0 Å². The van der Waals surface area contributed by atoms with Gasteiger partial charge in [-0.2, -0.15) is 5.26 Å². The quantitative estimate of drug-likeness (QED) is 0.253. The van der Waals surface area contributed by atoms with Gasteiger partial charge in [-0.15, -0.1) is 0 Å². The number of pyridine rings is 1. The lowest BCUT2D eigenvalue weighted by Gasteiger charge is -2.33. The minimum atomic E-state index is -0.561. The number of nitriles is 1. The Hall–Kier alpha value is -4.49. The van der Waals surface area contributed by atoms with Gasteiger partial charge in [0.1, 0.15) is 18.2 Å². The zero-order valence-corrected chi connectivity index (χ0v) is 24.0. The number of rotatable bonds is 9. The number of hydrogen-bond donors (Lipinski definition) is 0. The second-order valence-electron chi connectivity index (χ2n) is 11.8. The van der Waals surface area contributed by atoms with E-state index in [0.29, 0.717) is 17.2 Å². The van der Waals surface area contributed by atoms with E-state index in [1.807, 2.05) is 36.4 Å². The average molecular weight is 582 g/mol. The van der Waals surface area contributed by atoms with Crippen molar-refractivity contribution in [1.29, 1.82) is 5.26 Å². The summed E-state index contributed by atoms with van der Waals surface area (Å²) in [5, 5.41) is 8.95. The molecule has 2 saturated heterocycles. The molecule has 3 atom stereocenters. The van der Waals surface area contributed by atoms with Gasteiger partial charge in [0, 0.05) is 26.1 Å². The molecule has 9 nitrogen and oxygen atoms in total. The van der Waals surface area contributed by atoms with Gasteiger partial charge in [0.2, 0.25) is 0 Å². The second-order valence-corrected chi connectivity index (χ2v) is 11.8. The number of nitrogens with zero attached hydrogens (tertiary/aromatic N) is 5. The van der Waals surface area contributed by atoms with Crippen LogP contribution in [0.2, 0.25) is 0 Å². The van der Waals surface area contributed by atoms with Gasteiger partial charge >= 0.3 is 5.97 Å². The van der Waals surface area contributed by atoms with Gasteiger partial charge in [0.25, 0.3) is 0 Å². The zero-order valence-electron chi connectivity index (χ0n) is 24.0. The molecule has 2 aliphatic heterocycles. The summed E-state index contributed by atoms with van der Waals surface area (Å²) in [6, 6.07) is 17.5. The minimum absolute atomic E-state index is 0.100. The van der Waals surface area contributed by atoms with E-state index in [-0.39, 0.29) is 35.4 Å². The zero-order chi connectivity index (χ0) is 29.6. The number of benzene rings is 2. The first kappa shape index (κ1) is 27.3. The van der Waals surface area contributed by atoms with Crippen LogP contribution in [0.25, 0.3) is 11.0 Å². The van der Waals surface area contributed by atoms with Crippen LogP contribution in [0.4, 0.5) is 10.2 Å². The Bertz CT molecular complexity index is 1750. The van der Waals surface area contributed by atoms with Gasteiger partial charge < -0.3 is 23.7 Å². The molecule has 0 unspecified atom stereocenters. The van der Waals surface area contributed by atoms with Crippen LogP contribution < -0.4 is 9.64 Å². The number of halogens is 1. The summed E-state index contributed by atoms with van der Waals surface area (Å²) in [5.41, 5.74) is 3.53. The highest BCUT2D eigenvalue weighted by Crippen LogP contribution is 2.60. The van der Waals surface area contributed by atoms with Crippen molar-refractivity contribution >= 4 is 22.8 Å². The Labute approximate surface area is 248 Å². The number of ether oxygens (including phenoxy) is 3. The molecule has 4 aromatic rings. The first-order chi connectivity index (χ1) is 20.9. The summed E-state index contributed by atoms with van der Waals surface area (Å²) in [7, 11) is 1.40. The average Bonchev–Trinajstić information content (AvgIpc) is 3.62. The van der Waals surface area contributed by atoms with Crippen molar-refractivity contribution in [3.8, 4) is 11.8 Å². The SMILES string of the molecule is COC(=O)c1ccc2nc(C[C@@]34CCN(c5cccc(COc6ccc(C#N)cc6F)n5)C[C@@H]3C4)n(C[C@@H]3CCO3)c2c1. The number of esters is 1. The fraction of sp³-hybridized carbons (Fsp3) is 0.394. The van der Waals surface area contributed by atoms with E-state index in [1.165, 1.54) is 25.3 Å². The Balaban J connectivity index is 1.04. The molecule has 220 valence electrons. The number of carbonyl (C=O) groups is 1. The molecule has 2 aromatic heterocycles. The molecule has 43 heavy (non-hydrogen) atoms. The maximum absolute atomic E-state index is 14.2. The van der Waals surface area contributed by atoms with E-state index < -0.39 is 5.82 Å². The molecule has 3 aliphatic rings. The summed E-state index contributed by atoms with van der Waals surface area (Å²) in [5.74, 6) is 1.67. The van der Waals surface area contributed by atoms with Crippen LogP contribution >= 0.6 is 0 Å². The second kappa shape index (κ2) is 11.0. The molecular formula is C33H32FN5O4. The number of hydrogen-bond acceptors (Lipinski definition) is 8. The van der Waals surface area contributed by atoms with Gasteiger partial charge in [-0.1, -0.05) is 6.07 Å². The van der Waals surface area contributed by atoms with Crippen LogP contribution in [0.1, 0.15) is 46.7 Å². The van der Waals surface area contributed by atoms with E-state index in [4.69, 9.17) is 29.4 Å². The van der Waals surface area contributed by atoms with Crippen molar-refractivity contribution in [3.63, 3.8) is 0 Å². The van der Waals surface area contributed by atoms with Crippen LogP contribution in [0.3, 0.4) is 0 Å². The molecule has 0 bridgehead atoms. The third-order valence-corrected chi connectivity index (χ3v) is 9.17. The first-order valence-corrected chi connectivity index (χ1v) is 14.7. The van der Waals surface area contributed by atoms with Crippen molar-refractivity contribution in [2.45, 2.75) is 44.9 Å². The Morgan fingerprint density at radius 1 is 1.21 bits per heavy atom. The first-order valence-electron chi connectivity index (χ1n) is 14.7. The molecule has 0 amide bonds. The van der Waals surface area contributed by atoms with Crippen molar-refractivity contribution in [1.82, 2.24) is 14.5 Å². The largest absolute Gasteiger partial charge is 0.484 e. The predicted octanol–water partition coefficient (Wildman–Crippen LogP) is 5.06. The van der Waals surface area contributed by atoms with Crippen LogP contribution in [-0.4, -0.2) is 53.4 Å². The number of fused-ring (bicyclic) bond motifs is 2. The van der Waals surface area contributed by atoms with E-state index >= 15 is 0 Å². The minimum Gasteiger partial charge on any atom is -0.484 e. The van der Waals surface area contributed by atoms with Crippen molar-refractivity contribution in [3.05, 3.63) is 83.1 Å². The fourth-order valence-electron chi connectivity index (χ4n) is 6.49. The third kappa shape index (κ3) is 5.30. The molecule has 0 radical (unpaired) electrons. The fourth-order valence-corrected chi connectivity index (χ4v) is 6.49. The Morgan fingerprint density at radius 2 is 2.09 bits per heavy atom. The summed E-state index contributed by atoms with van der Waals surface area (Å²) in [6.45, 7) is 3.46. The van der Waals surface area contributed by atoms with E-state index in [2.05, 4.69) is 9.47 Å². The lowest BCUT2D eigenvalue weighted by Crippen LogP contribution is -2.37. The highest BCUT2D eigenvalue weighted by Gasteiger charge is 2.57. The molecule has 1 aliphatic carbocycles. The third-order valence-electron chi connectivity index (χ3n) is 9.17. The molecule has 3 fully saturated rings. The Morgan fingerprint density at radius 3 is 2.84 bits per heavy atom. The number of imidazole rings is 1. The number of aromatic nitrogens is 3. The smallest absolute Gasteiger partial charge is 0.337 e. The van der Waals surface area contributed by atoms with E-state index in [1.54, 1.807) is 6.07 Å². The van der Waals surface area contributed by atoms with Gasteiger partial charge in [0.05, 0.1) is 53.7 Å². The normalized spacial score (nSPS) is 22.4. The molecule has 4 heterocycles. The molecular weight excluding hydrogens is 549 g/mol. The summed E-state index contributed by atoms with van der Waals surface area (Å²) < 4.78 is 32.9. The van der Waals surface area contributed by atoms with Gasteiger partial charge in [0.15, 0.2) is 11.6 Å². The molecule has 10 heteroatoms. The van der Waals surface area contributed by atoms with Crippen molar-refractivity contribution in [2.75, 3.05) is 31.7 Å². The summed E-state index contributed by atoms with van der Waals surface area (Å²) >= 11 is 0. The van der Waals surface area contributed by atoms with Gasteiger partial charge in [-0.05, 0) is 79.1 Å². The monoisotopic (exact) mass is 581 g/mol. The standard InChI is InChI=1S/C33H32FN5O4/c1-41-32(40)22-6-7-27-28(14-22)39(19-25-9-12-42-25)31(37-27)16-33-10-11-38(18-23(33)15-33)30-4-2-3-24(36-30)20-43-29-8-5-21(17-35)13-26(29)34/h2-8,13-14,23,25H,9-12,15-16,18-20H2,1H3/t23-,25-,33-/m0/s1. The molecule has 0 spiro atoms. The van der Waals surface area contributed by atoms with E-state index in [0.717, 1.165) is 74.6 Å². The summed E-state index contributed by atoms with van der Waals surface area (Å²) in [6.07, 6.45) is 4.26. The van der Waals surface area contributed by atoms with Gasteiger partial charge in [-0.25, -0.2) is 19.2 Å². The number of methoxy groups -OCH3 is 1. The lowest BCUT2D eigenvalue weighted by molar-refractivity contribution is -0.0591. The lowest BCUT2D eigenvalue weighted by atomic mass is 9.91. The number of piperidine rings is 1. The molecule has 0 N–H and O–H groups in total. The van der Waals surface area contributed by atoms with Crippen LogP contribution in [0.15, 0.2) is 54.6 Å². The summed E-state index contributed by atoms with van der Waals surface area (Å²) in [4.78, 5) is 24.4. The van der Waals surface area contributed by atoms with Crippen molar-refractivity contribution in [2.24, 2.45) is 11.3 Å². The molecule has 1 saturated carbocycles. The van der Waals surface area contributed by atoms with Crippen LogP contribution in [0, 0.1) is 28.5 Å². The van der Waals surface area contributed by atoms with Gasteiger partial charge in [-0.3, -0.25) is 0 Å².